The Kier molecular flexibility index (Phi) is 4.74. The summed E-state index contributed by atoms with van der Waals surface area (Å²) in [5.41, 5.74) is 8.46. The standard InChI is InChI=1S/C29H20N4/c1-2-10-26(11-3-1)33-28-13-5-4-12-27(28)32-29(33)25-17-23(21-8-6-14-30-19-21)16-24(18-25)22-9-7-15-31-20-22/h1-20H. The molecule has 6 aromatic rings. The van der Waals surface area contributed by atoms with Gasteiger partial charge in [0.1, 0.15) is 5.82 Å². The van der Waals surface area contributed by atoms with Gasteiger partial charge in [-0.05, 0) is 65.7 Å². The Morgan fingerprint density at radius 2 is 1.12 bits per heavy atom. The Morgan fingerprint density at radius 3 is 1.76 bits per heavy atom. The molecule has 0 saturated heterocycles. The molecule has 0 aliphatic rings. The molecule has 3 aromatic heterocycles. The van der Waals surface area contributed by atoms with E-state index in [4.69, 9.17) is 4.98 Å². The third-order valence-corrected chi connectivity index (χ3v) is 5.76. The van der Waals surface area contributed by atoms with Crippen molar-refractivity contribution in [2.45, 2.75) is 0 Å². The van der Waals surface area contributed by atoms with Crippen LogP contribution in [0.15, 0.2) is 122 Å². The lowest BCUT2D eigenvalue weighted by molar-refractivity contribution is 1.10. The quantitative estimate of drug-likeness (QED) is 0.312. The Morgan fingerprint density at radius 1 is 0.515 bits per heavy atom. The van der Waals surface area contributed by atoms with Crippen LogP contribution in [0.3, 0.4) is 0 Å². The summed E-state index contributed by atoms with van der Waals surface area (Å²) < 4.78 is 2.23. The van der Waals surface area contributed by atoms with Crippen LogP contribution in [0, 0.1) is 0 Å². The van der Waals surface area contributed by atoms with Gasteiger partial charge in [0.2, 0.25) is 0 Å². The van der Waals surface area contributed by atoms with E-state index >= 15 is 0 Å². The van der Waals surface area contributed by atoms with Gasteiger partial charge in [-0.3, -0.25) is 14.5 Å². The third-order valence-electron chi connectivity index (χ3n) is 5.76. The number of fused-ring (bicyclic) bond motifs is 1. The van der Waals surface area contributed by atoms with Gasteiger partial charge in [0.25, 0.3) is 0 Å². The van der Waals surface area contributed by atoms with Crippen molar-refractivity contribution in [3.63, 3.8) is 0 Å². The Labute approximate surface area is 191 Å². The molecule has 0 atom stereocenters. The van der Waals surface area contributed by atoms with Crippen LogP contribution in [0.1, 0.15) is 0 Å². The highest BCUT2D eigenvalue weighted by molar-refractivity contribution is 5.86. The molecular weight excluding hydrogens is 404 g/mol. The maximum Gasteiger partial charge on any atom is 0.145 e. The molecule has 4 heteroatoms. The van der Waals surface area contributed by atoms with Gasteiger partial charge in [0.15, 0.2) is 0 Å². The number of para-hydroxylation sites is 3. The minimum absolute atomic E-state index is 0.901. The van der Waals surface area contributed by atoms with E-state index in [1.807, 2.05) is 36.7 Å². The van der Waals surface area contributed by atoms with Gasteiger partial charge in [0, 0.05) is 47.2 Å². The minimum atomic E-state index is 0.901. The fourth-order valence-electron chi connectivity index (χ4n) is 4.22. The molecule has 3 heterocycles. The molecule has 0 fully saturated rings. The summed E-state index contributed by atoms with van der Waals surface area (Å²) in [5, 5.41) is 0. The average Bonchev–Trinajstić information content (AvgIpc) is 3.30. The first-order valence-corrected chi connectivity index (χ1v) is 10.9. The van der Waals surface area contributed by atoms with Crippen molar-refractivity contribution in [1.82, 2.24) is 19.5 Å². The van der Waals surface area contributed by atoms with E-state index in [1.54, 1.807) is 12.4 Å². The average molecular weight is 425 g/mol. The Hall–Kier alpha value is -4.57. The van der Waals surface area contributed by atoms with Gasteiger partial charge >= 0.3 is 0 Å². The first-order valence-electron chi connectivity index (χ1n) is 10.9. The largest absolute Gasteiger partial charge is 0.292 e. The molecule has 0 saturated carbocycles. The van der Waals surface area contributed by atoms with Crippen LogP contribution >= 0.6 is 0 Å². The normalized spacial score (nSPS) is 11.0. The zero-order chi connectivity index (χ0) is 22.0. The molecule has 0 bridgehead atoms. The zero-order valence-corrected chi connectivity index (χ0v) is 17.8. The van der Waals surface area contributed by atoms with Crippen LogP contribution in [-0.4, -0.2) is 19.5 Å². The smallest absolute Gasteiger partial charge is 0.145 e. The van der Waals surface area contributed by atoms with Gasteiger partial charge in [-0.2, -0.15) is 0 Å². The maximum absolute atomic E-state index is 5.06. The van der Waals surface area contributed by atoms with Crippen LogP contribution in [-0.2, 0) is 0 Å². The second-order valence-electron chi connectivity index (χ2n) is 7.88. The summed E-state index contributed by atoms with van der Waals surface area (Å²) >= 11 is 0. The number of nitrogens with zero attached hydrogens (tertiary/aromatic N) is 4. The highest BCUT2D eigenvalue weighted by Crippen LogP contribution is 2.35. The van der Waals surface area contributed by atoms with Crippen molar-refractivity contribution in [3.05, 3.63) is 122 Å². The molecule has 0 N–H and O–H groups in total. The lowest BCUT2D eigenvalue weighted by Gasteiger charge is -2.13. The summed E-state index contributed by atoms with van der Waals surface area (Å²) in [5.74, 6) is 0.901. The van der Waals surface area contributed by atoms with Gasteiger partial charge in [-0.25, -0.2) is 4.98 Å². The molecular formula is C29H20N4. The van der Waals surface area contributed by atoms with E-state index in [1.165, 1.54) is 0 Å². The Bertz CT molecular complexity index is 1480. The molecule has 3 aromatic carbocycles. The second-order valence-corrected chi connectivity index (χ2v) is 7.88. The lowest BCUT2D eigenvalue weighted by atomic mass is 9.97. The van der Waals surface area contributed by atoms with Gasteiger partial charge in [-0.1, -0.05) is 42.5 Å². The summed E-state index contributed by atoms with van der Waals surface area (Å²) in [6, 6.07) is 33.3. The number of hydrogen-bond donors (Lipinski definition) is 0. The number of hydrogen-bond acceptors (Lipinski definition) is 3. The molecule has 0 aliphatic heterocycles. The van der Waals surface area contributed by atoms with E-state index in [2.05, 4.69) is 87.3 Å². The molecule has 156 valence electrons. The van der Waals surface area contributed by atoms with E-state index in [9.17, 15) is 0 Å². The van der Waals surface area contributed by atoms with Crippen molar-refractivity contribution >= 4 is 11.0 Å². The molecule has 4 nitrogen and oxygen atoms in total. The van der Waals surface area contributed by atoms with Crippen molar-refractivity contribution in [2.75, 3.05) is 0 Å². The first-order chi connectivity index (χ1) is 16.4. The van der Waals surface area contributed by atoms with E-state index in [0.717, 1.165) is 50.4 Å². The van der Waals surface area contributed by atoms with Crippen LogP contribution in [0.4, 0.5) is 0 Å². The van der Waals surface area contributed by atoms with Crippen LogP contribution in [0.5, 0.6) is 0 Å². The molecule has 0 aliphatic carbocycles. The second kappa shape index (κ2) is 8.17. The van der Waals surface area contributed by atoms with Crippen molar-refractivity contribution < 1.29 is 0 Å². The topological polar surface area (TPSA) is 43.6 Å². The Balaban J connectivity index is 1.65. The third kappa shape index (κ3) is 3.58. The molecule has 0 radical (unpaired) electrons. The fraction of sp³-hybridized carbons (Fsp3) is 0. The molecule has 0 spiro atoms. The monoisotopic (exact) mass is 424 g/mol. The predicted molar refractivity (Wildman–Crippen MR) is 133 cm³/mol. The summed E-state index contributed by atoms with van der Waals surface area (Å²) in [6.07, 6.45) is 7.38. The summed E-state index contributed by atoms with van der Waals surface area (Å²) in [7, 11) is 0. The van der Waals surface area contributed by atoms with Crippen molar-refractivity contribution in [3.8, 4) is 39.3 Å². The van der Waals surface area contributed by atoms with Gasteiger partial charge < -0.3 is 0 Å². The molecule has 0 amide bonds. The highest BCUT2D eigenvalue weighted by Gasteiger charge is 2.16. The van der Waals surface area contributed by atoms with Crippen molar-refractivity contribution in [2.24, 2.45) is 0 Å². The summed E-state index contributed by atoms with van der Waals surface area (Å²) in [6.45, 7) is 0. The van der Waals surface area contributed by atoms with Gasteiger partial charge in [0.05, 0.1) is 11.0 Å². The van der Waals surface area contributed by atoms with E-state index < -0.39 is 0 Å². The first kappa shape index (κ1) is 19.1. The maximum atomic E-state index is 5.06. The highest BCUT2D eigenvalue weighted by atomic mass is 15.1. The minimum Gasteiger partial charge on any atom is -0.292 e. The lowest BCUT2D eigenvalue weighted by Crippen LogP contribution is -1.98. The molecule has 0 unspecified atom stereocenters. The fourth-order valence-corrected chi connectivity index (χ4v) is 4.22. The van der Waals surface area contributed by atoms with E-state index in [0.29, 0.717) is 0 Å². The zero-order valence-electron chi connectivity index (χ0n) is 17.8. The van der Waals surface area contributed by atoms with Crippen molar-refractivity contribution in [1.29, 1.82) is 0 Å². The SMILES string of the molecule is c1ccc(-n2c(-c3cc(-c4cccnc4)cc(-c4cccnc4)c3)nc3ccccc32)cc1. The number of pyridine rings is 2. The predicted octanol–water partition coefficient (Wildman–Crippen LogP) is 6.82. The van der Waals surface area contributed by atoms with Crippen LogP contribution < -0.4 is 0 Å². The summed E-state index contributed by atoms with van der Waals surface area (Å²) in [4.78, 5) is 13.7. The number of benzene rings is 3. The van der Waals surface area contributed by atoms with E-state index in [-0.39, 0.29) is 0 Å². The van der Waals surface area contributed by atoms with Crippen LogP contribution in [0.25, 0.3) is 50.4 Å². The number of aromatic nitrogens is 4. The number of rotatable bonds is 4. The van der Waals surface area contributed by atoms with Gasteiger partial charge in [-0.15, -0.1) is 0 Å². The molecule has 33 heavy (non-hydrogen) atoms. The van der Waals surface area contributed by atoms with Crippen LogP contribution in [0.2, 0.25) is 0 Å². The number of imidazole rings is 1. The molecule has 6 rings (SSSR count).